The molecule has 2 aliphatic rings. The maximum absolute atomic E-state index is 12.4. The lowest BCUT2D eigenvalue weighted by Crippen LogP contribution is -2.44. The lowest BCUT2D eigenvalue weighted by Gasteiger charge is -2.25. The molecule has 120 valence electrons. The number of halogens is 1. The summed E-state index contributed by atoms with van der Waals surface area (Å²) in [5.41, 5.74) is 1.94. The monoisotopic (exact) mass is 321 g/mol. The van der Waals surface area contributed by atoms with Gasteiger partial charge in [-0.3, -0.25) is 4.79 Å². The fraction of sp³-hybridized carbons (Fsp3) is 0.611. The summed E-state index contributed by atoms with van der Waals surface area (Å²) in [5, 5.41) is 3.94. The third-order valence-electron chi connectivity index (χ3n) is 5.16. The normalized spacial score (nSPS) is 27.7. The minimum Gasteiger partial charge on any atom is -0.481 e. The highest BCUT2D eigenvalue weighted by Crippen LogP contribution is 2.44. The van der Waals surface area contributed by atoms with Crippen molar-refractivity contribution in [2.24, 2.45) is 11.8 Å². The van der Waals surface area contributed by atoms with E-state index in [9.17, 15) is 4.79 Å². The summed E-state index contributed by atoms with van der Waals surface area (Å²) in [5.74, 6) is 2.20. The Labute approximate surface area is 137 Å². The summed E-state index contributed by atoms with van der Waals surface area (Å²) in [6, 6.07) is 4.12. The van der Waals surface area contributed by atoms with Gasteiger partial charge in [-0.1, -0.05) is 18.0 Å². The van der Waals surface area contributed by atoms with Crippen LogP contribution in [-0.2, 0) is 4.79 Å². The predicted octanol–water partition coefficient (Wildman–Crippen LogP) is 4.03. The number of hydrogen-bond acceptors (Lipinski definition) is 2. The van der Waals surface area contributed by atoms with Gasteiger partial charge in [0, 0.05) is 11.1 Å². The molecule has 4 heteroatoms. The molecule has 4 unspecified atom stereocenters. The quantitative estimate of drug-likeness (QED) is 0.909. The molecule has 22 heavy (non-hydrogen) atoms. The summed E-state index contributed by atoms with van der Waals surface area (Å²) >= 11 is 6.16. The first kappa shape index (κ1) is 15.7. The molecular formula is C18H24ClNO2. The second kappa shape index (κ2) is 6.11. The Morgan fingerprint density at radius 3 is 2.50 bits per heavy atom. The minimum atomic E-state index is -0.487. The van der Waals surface area contributed by atoms with E-state index in [0.717, 1.165) is 28.5 Å². The van der Waals surface area contributed by atoms with Crippen LogP contribution in [0.15, 0.2) is 12.1 Å². The summed E-state index contributed by atoms with van der Waals surface area (Å²) in [6.07, 6.45) is 4.55. The lowest BCUT2D eigenvalue weighted by molar-refractivity contribution is -0.128. The number of fused-ring (bicyclic) bond motifs is 2. The molecule has 1 aromatic rings. The van der Waals surface area contributed by atoms with E-state index in [4.69, 9.17) is 16.3 Å². The first-order chi connectivity index (χ1) is 10.4. The highest BCUT2D eigenvalue weighted by Gasteiger charge is 2.40. The van der Waals surface area contributed by atoms with E-state index in [2.05, 4.69) is 5.32 Å². The third kappa shape index (κ3) is 3.10. The molecular weight excluding hydrogens is 298 g/mol. The van der Waals surface area contributed by atoms with E-state index in [1.54, 1.807) is 0 Å². The Morgan fingerprint density at radius 1 is 1.27 bits per heavy atom. The smallest absolute Gasteiger partial charge is 0.261 e. The molecule has 1 aromatic carbocycles. The van der Waals surface area contributed by atoms with Gasteiger partial charge in [-0.25, -0.2) is 0 Å². The summed E-state index contributed by atoms with van der Waals surface area (Å²) in [6.45, 7) is 5.70. The summed E-state index contributed by atoms with van der Waals surface area (Å²) in [7, 11) is 0. The molecule has 1 N–H and O–H groups in total. The minimum absolute atomic E-state index is 0.0113. The summed E-state index contributed by atoms with van der Waals surface area (Å²) < 4.78 is 5.81. The Kier molecular flexibility index (Phi) is 4.35. The number of nitrogens with one attached hydrogen (secondary N) is 1. The molecule has 2 saturated carbocycles. The molecule has 0 heterocycles. The van der Waals surface area contributed by atoms with Gasteiger partial charge in [-0.2, -0.15) is 0 Å². The number of hydrogen-bond donors (Lipinski definition) is 1. The van der Waals surface area contributed by atoms with Crippen molar-refractivity contribution >= 4 is 17.5 Å². The van der Waals surface area contributed by atoms with Crippen molar-refractivity contribution in [1.82, 2.24) is 5.32 Å². The number of ether oxygens (including phenoxy) is 1. The molecule has 0 radical (unpaired) electrons. The third-order valence-corrected chi connectivity index (χ3v) is 5.75. The number of aryl methyl sites for hydroxylation is 2. The molecule has 4 atom stereocenters. The van der Waals surface area contributed by atoms with Gasteiger partial charge in [-0.15, -0.1) is 0 Å². The molecule has 0 spiro atoms. The van der Waals surface area contributed by atoms with E-state index in [0.29, 0.717) is 17.7 Å². The number of benzene rings is 1. The average Bonchev–Trinajstić information content (AvgIpc) is 3.07. The van der Waals surface area contributed by atoms with Crippen molar-refractivity contribution in [1.29, 1.82) is 0 Å². The molecule has 3 rings (SSSR count). The van der Waals surface area contributed by atoms with Crippen LogP contribution in [0.4, 0.5) is 0 Å². The van der Waals surface area contributed by atoms with Gasteiger partial charge in [0.05, 0.1) is 0 Å². The van der Waals surface area contributed by atoms with Gasteiger partial charge in [-0.05, 0) is 75.1 Å². The number of carbonyl (C=O) groups excluding carboxylic acids is 1. The molecule has 1 amide bonds. The Bertz CT molecular complexity index is 563. The first-order valence-electron chi connectivity index (χ1n) is 8.18. The van der Waals surface area contributed by atoms with Crippen molar-refractivity contribution in [2.75, 3.05) is 0 Å². The van der Waals surface area contributed by atoms with Gasteiger partial charge in [0.2, 0.25) is 0 Å². The molecule has 0 aromatic heterocycles. The highest BCUT2D eigenvalue weighted by molar-refractivity contribution is 6.32. The fourth-order valence-corrected chi connectivity index (χ4v) is 4.06. The Hall–Kier alpha value is -1.22. The molecule has 3 nitrogen and oxygen atoms in total. The van der Waals surface area contributed by atoms with Gasteiger partial charge in [0.15, 0.2) is 6.10 Å². The van der Waals surface area contributed by atoms with Crippen molar-refractivity contribution < 1.29 is 9.53 Å². The Balaban J connectivity index is 1.59. The average molecular weight is 322 g/mol. The Morgan fingerprint density at radius 2 is 1.95 bits per heavy atom. The zero-order valence-electron chi connectivity index (χ0n) is 13.5. The SMILES string of the molecule is Cc1cc(OC(C)C(=O)NC2CC3CCC2C3)cc(C)c1Cl. The van der Waals surface area contributed by atoms with Gasteiger partial charge in [0.1, 0.15) is 5.75 Å². The standard InChI is InChI=1S/C18H24ClNO2/c1-10-6-15(7-11(2)17(10)19)22-12(3)18(21)20-16-9-13-4-5-14(16)8-13/h6-7,12-14,16H,4-5,8-9H2,1-3H3,(H,20,21). The van der Waals surface area contributed by atoms with Gasteiger partial charge < -0.3 is 10.1 Å². The second-order valence-electron chi connectivity index (χ2n) is 6.92. The van der Waals surface area contributed by atoms with Crippen LogP contribution in [0.2, 0.25) is 5.02 Å². The van der Waals surface area contributed by atoms with Crippen LogP contribution < -0.4 is 10.1 Å². The fourth-order valence-electron chi connectivity index (χ4n) is 3.95. The van der Waals surface area contributed by atoms with Gasteiger partial charge in [0.25, 0.3) is 5.91 Å². The van der Waals surface area contributed by atoms with Crippen LogP contribution >= 0.6 is 11.6 Å². The topological polar surface area (TPSA) is 38.3 Å². The van der Waals surface area contributed by atoms with Crippen LogP contribution in [0, 0.1) is 25.7 Å². The number of carbonyl (C=O) groups is 1. The molecule has 2 bridgehead atoms. The largest absolute Gasteiger partial charge is 0.481 e. The maximum atomic E-state index is 12.4. The lowest BCUT2D eigenvalue weighted by atomic mass is 9.95. The molecule has 2 fully saturated rings. The van der Waals surface area contributed by atoms with Crippen molar-refractivity contribution in [2.45, 2.75) is 58.6 Å². The number of amides is 1. The van der Waals surface area contributed by atoms with Crippen LogP contribution in [0.5, 0.6) is 5.75 Å². The molecule has 0 saturated heterocycles. The first-order valence-corrected chi connectivity index (χ1v) is 8.55. The zero-order chi connectivity index (χ0) is 15.9. The number of rotatable bonds is 4. The van der Waals surface area contributed by atoms with Crippen molar-refractivity contribution in [3.05, 3.63) is 28.3 Å². The summed E-state index contributed by atoms with van der Waals surface area (Å²) in [4.78, 5) is 12.4. The molecule has 2 aliphatic carbocycles. The van der Waals surface area contributed by atoms with Crippen LogP contribution in [0.1, 0.15) is 43.7 Å². The molecule has 0 aliphatic heterocycles. The van der Waals surface area contributed by atoms with E-state index in [1.807, 2.05) is 32.9 Å². The van der Waals surface area contributed by atoms with Crippen LogP contribution in [0.25, 0.3) is 0 Å². The van der Waals surface area contributed by atoms with E-state index < -0.39 is 6.10 Å². The zero-order valence-corrected chi connectivity index (χ0v) is 14.2. The van der Waals surface area contributed by atoms with Crippen molar-refractivity contribution in [3.63, 3.8) is 0 Å². The second-order valence-corrected chi connectivity index (χ2v) is 7.30. The van der Waals surface area contributed by atoms with E-state index >= 15 is 0 Å². The highest BCUT2D eigenvalue weighted by atomic mass is 35.5. The van der Waals surface area contributed by atoms with Crippen molar-refractivity contribution in [3.8, 4) is 5.75 Å². The van der Waals surface area contributed by atoms with Crippen LogP contribution in [-0.4, -0.2) is 18.1 Å². The van der Waals surface area contributed by atoms with E-state index in [-0.39, 0.29) is 5.91 Å². The predicted molar refractivity (Wildman–Crippen MR) is 88.4 cm³/mol. The van der Waals surface area contributed by atoms with Gasteiger partial charge >= 0.3 is 0 Å². The maximum Gasteiger partial charge on any atom is 0.261 e. The van der Waals surface area contributed by atoms with E-state index in [1.165, 1.54) is 19.3 Å². The van der Waals surface area contributed by atoms with Crippen LogP contribution in [0.3, 0.4) is 0 Å².